The number of carbonyl (C=O) groups excluding carboxylic acids is 1. The molecule has 110 valence electrons. The molecule has 0 bridgehead atoms. The molecule has 5 nitrogen and oxygen atoms in total. The summed E-state index contributed by atoms with van der Waals surface area (Å²) in [5, 5.41) is 9.34. The molecular formula is C14H26N2O3. The van der Waals surface area contributed by atoms with Crippen molar-refractivity contribution in [1.29, 1.82) is 0 Å². The van der Waals surface area contributed by atoms with Crippen LogP contribution in [0.15, 0.2) is 0 Å². The van der Waals surface area contributed by atoms with Crippen LogP contribution >= 0.6 is 0 Å². The lowest BCUT2D eigenvalue weighted by Gasteiger charge is -2.40. The highest BCUT2D eigenvalue weighted by Gasteiger charge is 2.41. The number of piperidine rings is 1. The number of rotatable bonds is 4. The van der Waals surface area contributed by atoms with Crippen molar-refractivity contribution in [2.75, 3.05) is 20.1 Å². The van der Waals surface area contributed by atoms with Crippen molar-refractivity contribution in [3.05, 3.63) is 0 Å². The van der Waals surface area contributed by atoms with Crippen LogP contribution in [0.1, 0.15) is 46.5 Å². The third-order valence-electron chi connectivity index (χ3n) is 4.68. The normalized spacial score (nSPS) is 19.9. The molecule has 0 spiro atoms. The summed E-state index contributed by atoms with van der Waals surface area (Å²) < 4.78 is 0. The van der Waals surface area contributed by atoms with Gasteiger partial charge in [-0.25, -0.2) is 4.79 Å². The fourth-order valence-electron chi connectivity index (χ4n) is 2.53. The number of nitrogens with zero attached hydrogens (tertiary/aromatic N) is 2. The molecule has 2 amide bonds. The Morgan fingerprint density at radius 1 is 1.32 bits per heavy atom. The SMILES string of the molecule is CCC(C)N(C)C(=O)N1CCC(CC)(C(=O)O)CC1. The summed E-state index contributed by atoms with van der Waals surface area (Å²) in [5.74, 6) is -0.725. The molecule has 19 heavy (non-hydrogen) atoms. The average Bonchev–Trinajstić information content (AvgIpc) is 2.44. The Labute approximate surface area is 115 Å². The van der Waals surface area contributed by atoms with E-state index < -0.39 is 11.4 Å². The van der Waals surface area contributed by atoms with Crippen LogP contribution < -0.4 is 0 Å². The van der Waals surface area contributed by atoms with E-state index in [2.05, 4.69) is 6.92 Å². The Balaban J connectivity index is 2.63. The second kappa shape index (κ2) is 6.26. The molecule has 1 saturated heterocycles. The molecule has 0 aromatic heterocycles. The van der Waals surface area contributed by atoms with Gasteiger partial charge in [0, 0.05) is 26.2 Å². The zero-order valence-electron chi connectivity index (χ0n) is 12.5. The molecule has 5 heteroatoms. The van der Waals surface area contributed by atoms with E-state index in [0.29, 0.717) is 32.4 Å². The summed E-state index contributed by atoms with van der Waals surface area (Å²) >= 11 is 0. The van der Waals surface area contributed by atoms with Gasteiger partial charge < -0.3 is 14.9 Å². The van der Waals surface area contributed by atoms with Crippen molar-refractivity contribution in [3.8, 4) is 0 Å². The minimum Gasteiger partial charge on any atom is -0.481 e. The monoisotopic (exact) mass is 270 g/mol. The second-order valence-electron chi connectivity index (χ2n) is 5.58. The Bertz CT molecular complexity index is 336. The van der Waals surface area contributed by atoms with E-state index in [1.54, 1.807) is 9.80 Å². The molecule has 0 aromatic rings. The van der Waals surface area contributed by atoms with Gasteiger partial charge in [0.25, 0.3) is 0 Å². The molecule has 1 fully saturated rings. The Morgan fingerprint density at radius 3 is 2.21 bits per heavy atom. The van der Waals surface area contributed by atoms with Crippen molar-refractivity contribution >= 4 is 12.0 Å². The zero-order valence-corrected chi connectivity index (χ0v) is 12.5. The highest BCUT2D eigenvalue weighted by Crippen LogP contribution is 2.35. The largest absolute Gasteiger partial charge is 0.481 e. The summed E-state index contributed by atoms with van der Waals surface area (Å²) in [5.41, 5.74) is -0.633. The van der Waals surface area contributed by atoms with Crippen LogP contribution in [0.3, 0.4) is 0 Å². The van der Waals surface area contributed by atoms with Gasteiger partial charge in [0.15, 0.2) is 0 Å². The first-order valence-corrected chi connectivity index (χ1v) is 7.13. The van der Waals surface area contributed by atoms with Crippen LogP contribution in [0.4, 0.5) is 4.79 Å². The summed E-state index contributed by atoms with van der Waals surface area (Å²) in [4.78, 5) is 27.2. The van der Waals surface area contributed by atoms with Crippen molar-refractivity contribution in [2.45, 2.75) is 52.5 Å². The number of aliphatic carboxylic acids is 1. The average molecular weight is 270 g/mol. The van der Waals surface area contributed by atoms with E-state index in [9.17, 15) is 14.7 Å². The summed E-state index contributed by atoms with van der Waals surface area (Å²) in [6.45, 7) is 7.07. The standard InChI is InChI=1S/C14H26N2O3/c1-5-11(3)15(4)13(19)16-9-7-14(6-2,8-10-16)12(17)18/h11H,5-10H2,1-4H3,(H,17,18). The van der Waals surface area contributed by atoms with Gasteiger partial charge in [-0.3, -0.25) is 4.79 Å². The van der Waals surface area contributed by atoms with E-state index in [0.717, 1.165) is 6.42 Å². The van der Waals surface area contributed by atoms with Crippen molar-refractivity contribution in [1.82, 2.24) is 9.80 Å². The number of hydrogen-bond donors (Lipinski definition) is 1. The van der Waals surface area contributed by atoms with Crippen LogP contribution in [-0.4, -0.2) is 53.1 Å². The lowest BCUT2D eigenvalue weighted by Crippen LogP contribution is -2.51. The van der Waals surface area contributed by atoms with Gasteiger partial charge in [0.2, 0.25) is 0 Å². The molecule has 0 aromatic carbocycles. The number of carboxylic acid groups (broad SMARTS) is 1. The molecule has 1 rings (SSSR count). The van der Waals surface area contributed by atoms with Crippen LogP contribution in [0.5, 0.6) is 0 Å². The maximum Gasteiger partial charge on any atom is 0.319 e. The first kappa shape index (κ1) is 15.8. The molecule has 1 atom stereocenters. The van der Waals surface area contributed by atoms with Gasteiger partial charge in [-0.15, -0.1) is 0 Å². The number of amides is 2. The number of likely N-dealkylation sites (tertiary alicyclic amines) is 1. The van der Waals surface area contributed by atoms with Crippen LogP contribution in [0.25, 0.3) is 0 Å². The molecule has 1 aliphatic rings. The van der Waals surface area contributed by atoms with Gasteiger partial charge in [-0.2, -0.15) is 0 Å². The minimum atomic E-state index is -0.725. The molecule has 0 radical (unpaired) electrons. The summed E-state index contributed by atoms with van der Waals surface area (Å²) in [6.07, 6.45) is 2.66. The molecule has 1 unspecified atom stereocenters. The molecule has 0 saturated carbocycles. The molecular weight excluding hydrogens is 244 g/mol. The van der Waals surface area contributed by atoms with E-state index in [-0.39, 0.29) is 12.1 Å². The Kier molecular flexibility index (Phi) is 5.20. The van der Waals surface area contributed by atoms with E-state index in [1.807, 2.05) is 20.9 Å². The van der Waals surface area contributed by atoms with Crippen LogP contribution in [0, 0.1) is 5.41 Å². The number of hydrogen-bond acceptors (Lipinski definition) is 2. The quantitative estimate of drug-likeness (QED) is 0.853. The number of urea groups is 1. The van der Waals surface area contributed by atoms with Gasteiger partial charge in [0.05, 0.1) is 5.41 Å². The number of carbonyl (C=O) groups is 2. The van der Waals surface area contributed by atoms with E-state index in [1.165, 1.54) is 0 Å². The van der Waals surface area contributed by atoms with Gasteiger partial charge in [-0.05, 0) is 32.6 Å². The van der Waals surface area contributed by atoms with Crippen LogP contribution in [0.2, 0.25) is 0 Å². The smallest absolute Gasteiger partial charge is 0.319 e. The highest BCUT2D eigenvalue weighted by molar-refractivity contribution is 5.77. The summed E-state index contributed by atoms with van der Waals surface area (Å²) in [6, 6.07) is 0.231. The second-order valence-corrected chi connectivity index (χ2v) is 5.58. The Hall–Kier alpha value is -1.26. The molecule has 1 N–H and O–H groups in total. The zero-order chi connectivity index (χ0) is 14.6. The van der Waals surface area contributed by atoms with Gasteiger partial charge in [0.1, 0.15) is 0 Å². The number of carboxylic acids is 1. The van der Waals surface area contributed by atoms with Crippen molar-refractivity contribution in [2.24, 2.45) is 5.41 Å². The lowest BCUT2D eigenvalue weighted by atomic mass is 9.76. The van der Waals surface area contributed by atoms with Crippen molar-refractivity contribution in [3.63, 3.8) is 0 Å². The lowest BCUT2D eigenvalue weighted by molar-refractivity contribution is -0.152. The van der Waals surface area contributed by atoms with Gasteiger partial charge >= 0.3 is 12.0 Å². The summed E-state index contributed by atoms with van der Waals surface area (Å²) in [7, 11) is 1.81. The topological polar surface area (TPSA) is 60.9 Å². The predicted octanol–water partition coefficient (Wildman–Crippen LogP) is 2.41. The van der Waals surface area contributed by atoms with E-state index in [4.69, 9.17) is 0 Å². The Morgan fingerprint density at radius 2 is 1.84 bits per heavy atom. The fourth-order valence-corrected chi connectivity index (χ4v) is 2.53. The maximum atomic E-state index is 12.3. The third-order valence-corrected chi connectivity index (χ3v) is 4.68. The third kappa shape index (κ3) is 3.19. The van der Waals surface area contributed by atoms with Crippen molar-refractivity contribution < 1.29 is 14.7 Å². The first-order valence-electron chi connectivity index (χ1n) is 7.13. The molecule has 1 heterocycles. The predicted molar refractivity (Wildman–Crippen MR) is 74.1 cm³/mol. The van der Waals surface area contributed by atoms with E-state index >= 15 is 0 Å². The maximum absolute atomic E-state index is 12.3. The van der Waals surface area contributed by atoms with Gasteiger partial charge in [-0.1, -0.05) is 13.8 Å². The fraction of sp³-hybridized carbons (Fsp3) is 0.857. The molecule has 1 aliphatic heterocycles. The first-order chi connectivity index (χ1) is 8.88. The minimum absolute atomic E-state index is 0.0180. The highest BCUT2D eigenvalue weighted by atomic mass is 16.4. The van der Waals surface area contributed by atoms with Crippen LogP contribution in [-0.2, 0) is 4.79 Å². The molecule has 0 aliphatic carbocycles.